The van der Waals surface area contributed by atoms with Crippen molar-refractivity contribution >= 4 is 22.6 Å². The van der Waals surface area contributed by atoms with E-state index in [2.05, 4.69) is 0 Å². The van der Waals surface area contributed by atoms with E-state index in [0.29, 0.717) is 0 Å². The number of aryl methyl sites for hydroxylation is 1. The molecule has 4 aromatic rings. The number of hydrogen-bond donors (Lipinski definition) is 0. The Labute approximate surface area is 185 Å². The van der Waals surface area contributed by atoms with Crippen molar-refractivity contribution in [2.75, 3.05) is 0 Å². The van der Waals surface area contributed by atoms with Gasteiger partial charge in [-0.05, 0) is 36.8 Å². The molecule has 4 nitrogen and oxygen atoms in total. The van der Waals surface area contributed by atoms with E-state index in [9.17, 15) is 18.0 Å². The minimum absolute atomic E-state index is 0.0556. The van der Waals surface area contributed by atoms with Gasteiger partial charge in [0.1, 0.15) is 23.7 Å². The van der Waals surface area contributed by atoms with Crippen LogP contribution in [-0.4, -0.2) is 0 Å². The minimum atomic E-state index is -4.97. The molecule has 0 spiro atoms. The van der Waals surface area contributed by atoms with Crippen LogP contribution < -0.4 is 14.9 Å². The second-order valence-electron chi connectivity index (χ2n) is 7.06. The summed E-state index contributed by atoms with van der Waals surface area (Å²) < 4.78 is 57.1. The molecule has 0 unspecified atom stereocenters. The van der Waals surface area contributed by atoms with Gasteiger partial charge in [0, 0.05) is 6.07 Å². The fourth-order valence-corrected chi connectivity index (χ4v) is 3.31. The molecule has 0 saturated heterocycles. The zero-order valence-corrected chi connectivity index (χ0v) is 17.5. The molecule has 4 rings (SSSR count). The van der Waals surface area contributed by atoms with E-state index in [1.54, 1.807) is 6.07 Å². The molecular formula is C24H16ClF3O4. The number of fused-ring (bicyclic) bond motifs is 1. The highest BCUT2D eigenvalue weighted by Gasteiger charge is 2.40. The van der Waals surface area contributed by atoms with Gasteiger partial charge in [-0.25, -0.2) is 0 Å². The fourth-order valence-electron chi connectivity index (χ4n) is 3.13. The topological polar surface area (TPSA) is 48.7 Å². The van der Waals surface area contributed by atoms with Gasteiger partial charge in [0.15, 0.2) is 0 Å². The highest BCUT2D eigenvalue weighted by atomic mass is 35.5. The molecule has 0 radical (unpaired) electrons. The SMILES string of the molecule is Cc1cccc(COc2ccc3c(=O)c(Oc4ccccc4Cl)c(C(F)(F)F)oc3c2)c1. The van der Waals surface area contributed by atoms with Gasteiger partial charge in [0.05, 0.1) is 10.4 Å². The Morgan fingerprint density at radius 2 is 1.78 bits per heavy atom. The number of benzene rings is 3. The summed E-state index contributed by atoms with van der Waals surface area (Å²) in [6.07, 6.45) is -4.97. The molecule has 0 aliphatic rings. The largest absolute Gasteiger partial charge is 0.489 e. The van der Waals surface area contributed by atoms with Gasteiger partial charge in [-0.2, -0.15) is 13.2 Å². The van der Waals surface area contributed by atoms with Crippen molar-refractivity contribution in [2.45, 2.75) is 19.7 Å². The molecule has 0 aliphatic carbocycles. The molecule has 164 valence electrons. The molecule has 1 heterocycles. The van der Waals surface area contributed by atoms with E-state index in [1.807, 2.05) is 31.2 Å². The van der Waals surface area contributed by atoms with Gasteiger partial charge in [-0.15, -0.1) is 0 Å². The lowest BCUT2D eigenvalue weighted by atomic mass is 10.1. The van der Waals surface area contributed by atoms with E-state index in [4.69, 9.17) is 25.5 Å². The maximum absolute atomic E-state index is 13.7. The summed E-state index contributed by atoms with van der Waals surface area (Å²) in [5, 5.41) is -0.0250. The van der Waals surface area contributed by atoms with Crippen molar-refractivity contribution in [3.05, 3.63) is 98.9 Å². The predicted octanol–water partition coefficient (Wildman–Crippen LogP) is 7.14. The molecule has 0 bridgehead atoms. The van der Waals surface area contributed by atoms with E-state index < -0.39 is 23.1 Å². The zero-order chi connectivity index (χ0) is 22.9. The molecule has 8 heteroatoms. The maximum atomic E-state index is 13.7. The maximum Gasteiger partial charge on any atom is 0.453 e. The molecular weight excluding hydrogens is 445 g/mol. The molecule has 1 aromatic heterocycles. The fraction of sp³-hybridized carbons (Fsp3) is 0.125. The Bertz CT molecular complexity index is 1350. The third kappa shape index (κ3) is 4.57. The van der Waals surface area contributed by atoms with Crippen LogP contribution in [-0.2, 0) is 12.8 Å². The number of para-hydroxylation sites is 1. The number of hydrogen-bond acceptors (Lipinski definition) is 4. The second kappa shape index (κ2) is 8.59. The first kappa shape index (κ1) is 21.8. The van der Waals surface area contributed by atoms with E-state index in [1.165, 1.54) is 36.4 Å². The lowest BCUT2D eigenvalue weighted by Gasteiger charge is -2.14. The smallest absolute Gasteiger partial charge is 0.453 e. The summed E-state index contributed by atoms with van der Waals surface area (Å²) in [6.45, 7) is 2.15. The van der Waals surface area contributed by atoms with E-state index in [-0.39, 0.29) is 34.1 Å². The lowest BCUT2D eigenvalue weighted by molar-refractivity contribution is -0.154. The van der Waals surface area contributed by atoms with E-state index in [0.717, 1.165) is 11.1 Å². The van der Waals surface area contributed by atoms with E-state index >= 15 is 0 Å². The van der Waals surface area contributed by atoms with Crippen LogP contribution in [0.5, 0.6) is 17.2 Å². The first-order chi connectivity index (χ1) is 15.2. The van der Waals surface area contributed by atoms with Crippen LogP contribution in [0.2, 0.25) is 5.02 Å². The Morgan fingerprint density at radius 1 is 1.00 bits per heavy atom. The number of rotatable bonds is 5. The monoisotopic (exact) mass is 460 g/mol. The van der Waals surface area contributed by atoms with Gasteiger partial charge < -0.3 is 13.9 Å². The van der Waals surface area contributed by atoms with Crippen LogP contribution in [0.1, 0.15) is 16.9 Å². The van der Waals surface area contributed by atoms with Crippen LogP contribution in [0.3, 0.4) is 0 Å². The number of halogens is 4. The number of alkyl halides is 3. The molecule has 0 saturated carbocycles. The molecule has 0 amide bonds. The molecule has 0 N–H and O–H groups in total. The Hall–Kier alpha value is -3.45. The van der Waals surface area contributed by atoms with Crippen LogP contribution >= 0.6 is 11.6 Å². The average molecular weight is 461 g/mol. The highest BCUT2D eigenvalue weighted by molar-refractivity contribution is 6.32. The average Bonchev–Trinajstić information content (AvgIpc) is 2.74. The summed E-state index contributed by atoms with van der Waals surface area (Å²) in [6, 6.07) is 17.6. The zero-order valence-electron chi connectivity index (χ0n) is 16.7. The molecule has 3 aromatic carbocycles. The third-order valence-electron chi connectivity index (χ3n) is 4.62. The predicted molar refractivity (Wildman–Crippen MR) is 115 cm³/mol. The Morgan fingerprint density at radius 3 is 2.50 bits per heavy atom. The van der Waals surface area contributed by atoms with Crippen LogP contribution in [0, 0.1) is 6.92 Å². The quantitative estimate of drug-likeness (QED) is 0.317. The molecule has 0 atom stereocenters. The lowest BCUT2D eigenvalue weighted by Crippen LogP contribution is -2.15. The molecule has 0 aliphatic heterocycles. The van der Waals surface area contributed by atoms with Crippen LogP contribution in [0.25, 0.3) is 11.0 Å². The normalized spacial score (nSPS) is 11.5. The van der Waals surface area contributed by atoms with Gasteiger partial charge >= 0.3 is 6.18 Å². The van der Waals surface area contributed by atoms with Crippen molar-refractivity contribution in [1.29, 1.82) is 0 Å². The van der Waals surface area contributed by atoms with Crippen molar-refractivity contribution in [2.24, 2.45) is 0 Å². The summed E-state index contributed by atoms with van der Waals surface area (Å²) >= 11 is 5.97. The van der Waals surface area contributed by atoms with Crippen molar-refractivity contribution in [3.8, 4) is 17.2 Å². The van der Waals surface area contributed by atoms with Gasteiger partial charge in [-0.3, -0.25) is 4.79 Å². The molecule has 0 fully saturated rings. The highest BCUT2D eigenvalue weighted by Crippen LogP contribution is 2.39. The summed E-state index contributed by atoms with van der Waals surface area (Å²) in [5.74, 6) is -2.36. The molecule has 32 heavy (non-hydrogen) atoms. The Balaban J connectivity index is 1.74. The van der Waals surface area contributed by atoms with Crippen molar-refractivity contribution < 1.29 is 27.1 Å². The van der Waals surface area contributed by atoms with Gasteiger partial charge in [-0.1, -0.05) is 53.6 Å². The van der Waals surface area contributed by atoms with Crippen molar-refractivity contribution in [1.82, 2.24) is 0 Å². The summed E-state index contributed by atoms with van der Waals surface area (Å²) in [7, 11) is 0. The van der Waals surface area contributed by atoms with Gasteiger partial charge in [0.25, 0.3) is 5.76 Å². The van der Waals surface area contributed by atoms with Crippen LogP contribution in [0.4, 0.5) is 13.2 Å². The second-order valence-corrected chi connectivity index (χ2v) is 7.46. The van der Waals surface area contributed by atoms with Crippen LogP contribution in [0.15, 0.2) is 75.9 Å². The minimum Gasteiger partial charge on any atom is -0.489 e. The first-order valence-corrected chi connectivity index (χ1v) is 9.89. The summed E-state index contributed by atoms with van der Waals surface area (Å²) in [5.41, 5.74) is 0.710. The van der Waals surface area contributed by atoms with Crippen molar-refractivity contribution in [3.63, 3.8) is 0 Å². The standard InChI is InChI=1S/C24H16ClF3O4/c1-14-5-4-6-15(11-14)13-30-16-9-10-17-20(12-16)32-23(24(26,27)28)22(21(17)29)31-19-8-3-2-7-18(19)25/h2-12H,13H2,1H3. The van der Waals surface area contributed by atoms with Gasteiger partial charge in [0.2, 0.25) is 11.2 Å². The first-order valence-electron chi connectivity index (χ1n) is 9.51. The Kier molecular flexibility index (Phi) is 5.84. The summed E-state index contributed by atoms with van der Waals surface area (Å²) in [4.78, 5) is 12.9. The third-order valence-corrected chi connectivity index (χ3v) is 4.93. The number of ether oxygens (including phenoxy) is 2.